The lowest BCUT2D eigenvalue weighted by Crippen LogP contribution is -2.06. The summed E-state index contributed by atoms with van der Waals surface area (Å²) >= 11 is 6.06. The summed E-state index contributed by atoms with van der Waals surface area (Å²) in [6.07, 6.45) is 1.52. The molecule has 0 aliphatic heterocycles. The highest BCUT2D eigenvalue weighted by atomic mass is 35.5. The number of aromatic nitrogens is 3. The fraction of sp³-hybridized carbons (Fsp3) is 0.333. The van der Waals surface area contributed by atoms with Crippen LogP contribution in [0.25, 0.3) is 5.52 Å². The maximum Gasteiger partial charge on any atom is 0.243 e. The van der Waals surface area contributed by atoms with Gasteiger partial charge in [-0.2, -0.15) is 4.98 Å². The van der Waals surface area contributed by atoms with Crippen molar-refractivity contribution in [1.29, 1.82) is 0 Å². The van der Waals surface area contributed by atoms with E-state index in [1.807, 2.05) is 12.1 Å². The Hall–Kier alpha value is -2.56. The quantitative estimate of drug-likeness (QED) is 0.646. The smallest absolute Gasteiger partial charge is 0.243 e. The lowest BCUT2D eigenvalue weighted by molar-refractivity contribution is 0.341. The Morgan fingerprint density at radius 3 is 3.04 bits per heavy atom. The summed E-state index contributed by atoms with van der Waals surface area (Å²) in [6.45, 7) is 1.66. The minimum Gasteiger partial charge on any atom is -0.467 e. The number of anilines is 1. The van der Waals surface area contributed by atoms with Gasteiger partial charge in [-0.05, 0) is 61.0 Å². The minimum absolute atomic E-state index is 0.0486. The number of alkyl halides is 1. The number of hydrogen-bond donors (Lipinski definition) is 2. The van der Waals surface area contributed by atoms with E-state index in [4.69, 9.17) is 21.1 Å². The number of nitrogens with one attached hydrogen (secondary N) is 1. The highest BCUT2D eigenvalue weighted by Crippen LogP contribution is 2.24. The van der Waals surface area contributed by atoms with Crippen molar-refractivity contribution in [2.45, 2.75) is 32.5 Å². The average molecular weight is 377 g/mol. The first-order valence-electron chi connectivity index (χ1n) is 8.16. The van der Waals surface area contributed by atoms with E-state index in [0.717, 1.165) is 11.3 Å². The molecule has 0 radical (unpaired) electrons. The molecule has 3 aromatic heterocycles. The topological polar surface area (TPSA) is 75.6 Å². The molecule has 0 spiro atoms. The molecule has 8 heteroatoms. The van der Waals surface area contributed by atoms with Crippen LogP contribution in [0.15, 0.2) is 28.9 Å². The summed E-state index contributed by atoms with van der Waals surface area (Å²) in [6, 6.07) is 5.51. The zero-order valence-corrected chi connectivity index (χ0v) is 14.9. The Kier molecular flexibility index (Phi) is 5.76. The van der Waals surface area contributed by atoms with Crippen molar-refractivity contribution in [3.63, 3.8) is 0 Å². The molecule has 3 aromatic rings. The predicted octanol–water partition coefficient (Wildman–Crippen LogP) is 3.22. The zero-order chi connectivity index (χ0) is 18.5. The van der Waals surface area contributed by atoms with E-state index in [1.54, 1.807) is 16.8 Å². The third-order valence-electron chi connectivity index (χ3n) is 3.79. The maximum absolute atomic E-state index is 13.3. The van der Waals surface area contributed by atoms with Crippen molar-refractivity contribution >= 4 is 22.9 Å². The second-order valence-electron chi connectivity index (χ2n) is 5.76. The van der Waals surface area contributed by atoms with Crippen molar-refractivity contribution in [2.24, 2.45) is 0 Å². The first-order chi connectivity index (χ1) is 12.6. The lowest BCUT2D eigenvalue weighted by Gasteiger charge is -2.06. The van der Waals surface area contributed by atoms with Crippen molar-refractivity contribution in [2.75, 3.05) is 11.9 Å². The van der Waals surface area contributed by atoms with Crippen LogP contribution in [0.3, 0.4) is 0 Å². The van der Waals surface area contributed by atoms with Gasteiger partial charge in [-0.1, -0.05) is 5.92 Å². The van der Waals surface area contributed by atoms with Crippen molar-refractivity contribution < 1.29 is 13.9 Å². The Balaban J connectivity index is 2.02. The lowest BCUT2D eigenvalue weighted by atomic mass is 10.1. The fourth-order valence-corrected chi connectivity index (χ4v) is 2.75. The normalized spacial score (nSPS) is 12.0. The highest BCUT2D eigenvalue weighted by molar-refractivity contribution is 6.28. The molecule has 0 aliphatic carbocycles. The van der Waals surface area contributed by atoms with E-state index in [2.05, 4.69) is 27.2 Å². The van der Waals surface area contributed by atoms with Crippen LogP contribution in [0.5, 0.6) is 0 Å². The number of hydrogen-bond acceptors (Lipinski definition) is 5. The Morgan fingerprint density at radius 1 is 1.50 bits per heavy atom. The summed E-state index contributed by atoms with van der Waals surface area (Å²) in [5, 5.41) is 16.5. The van der Waals surface area contributed by atoms with Gasteiger partial charge in [0.2, 0.25) is 5.28 Å². The number of rotatable bonds is 6. The van der Waals surface area contributed by atoms with Crippen LogP contribution >= 0.6 is 11.6 Å². The third kappa shape index (κ3) is 4.15. The van der Waals surface area contributed by atoms with Gasteiger partial charge in [-0.25, -0.2) is 8.91 Å². The molecular weight excluding hydrogens is 359 g/mol. The molecule has 0 saturated heterocycles. The molecular formula is C18H18ClFN4O2. The Labute approximate surface area is 155 Å². The van der Waals surface area contributed by atoms with E-state index in [9.17, 15) is 4.39 Å². The Morgan fingerprint density at radius 2 is 2.35 bits per heavy atom. The summed E-state index contributed by atoms with van der Waals surface area (Å²) < 4.78 is 20.2. The van der Waals surface area contributed by atoms with Crippen molar-refractivity contribution in [1.82, 2.24) is 14.6 Å². The van der Waals surface area contributed by atoms with Gasteiger partial charge in [0, 0.05) is 0 Å². The van der Waals surface area contributed by atoms with Gasteiger partial charge >= 0.3 is 0 Å². The maximum atomic E-state index is 13.3. The van der Waals surface area contributed by atoms with Crippen LogP contribution in [-0.2, 0) is 13.0 Å². The summed E-state index contributed by atoms with van der Waals surface area (Å²) in [7, 11) is 0. The number of furan rings is 1. The van der Waals surface area contributed by atoms with Gasteiger partial charge in [-0.3, -0.25) is 0 Å². The van der Waals surface area contributed by atoms with E-state index in [0.29, 0.717) is 36.4 Å². The molecule has 3 heterocycles. The second kappa shape index (κ2) is 8.21. The Bertz CT molecular complexity index is 942. The molecule has 26 heavy (non-hydrogen) atoms. The first-order valence-corrected chi connectivity index (χ1v) is 8.54. The molecule has 0 bridgehead atoms. The molecule has 3 rings (SSSR count). The molecule has 136 valence electrons. The minimum atomic E-state index is -0.928. The molecule has 2 N–H and O–H groups in total. The molecule has 0 fully saturated rings. The van der Waals surface area contributed by atoms with E-state index < -0.39 is 6.17 Å². The number of nitrogens with zero attached hydrogens (tertiary/aromatic N) is 3. The van der Waals surface area contributed by atoms with Gasteiger partial charge in [0.15, 0.2) is 5.82 Å². The fourth-order valence-electron chi connectivity index (χ4n) is 2.59. The zero-order valence-electron chi connectivity index (χ0n) is 14.2. The number of aryl methyl sites for hydroxylation is 1. The van der Waals surface area contributed by atoms with Gasteiger partial charge in [0.25, 0.3) is 0 Å². The van der Waals surface area contributed by atoms with Crippen LogP contribution in [-0.4, -0.2) is 32.5 Å². The highest BCUT2D eigenvalue weighted by Gasteiger charge is 2.16. The first kappa shape index (κ1) is 18.2. The van der Waals surface area contributed by atoms with E-state index in [1.165, 1.54) is 6.92 Å². The van der Waals surface area contributed by atoms with Crippen LogP contribution in [0.4, 0.5) is 10.2 Å². The van der Waals surface area contributed by atoms with Crippen molar-refractivity contribution in [3.8, 4) is 11.8 Å². The standard InChI is InChI=1S/C18H18ClFN4O2/c1-12(20)6-7-13-10-16-17(21-11-14-4-3-9-26-14)22-18(19)23-24(16)15(13)5-2-8-25/h3-4,9-10,12,25H,6-8,11H2,1H3,(H,21,22,23). The number of aliphatic hydroxyl groups is 1. The largest absolute Gasteiger partial charge is 0.467 e. The van der Waals surface area contributed by atoms with Crippen LogP contribution in [0.2, 0.25) is 5.28 Å². The molecule has 0 aliphatic rings. The molecule has 6 nitrogen and oxygen atoms in total. The van der Waals surface area contributed by atoms with E-state index in [-0.39, 0.29) is 11.9 Å². The monoisotopic (exact) mass is 376 g/mol. The van der Waals surface area contributed by atoms with Gasteiger partial charge in [0.05, 0.1) is 19.0 Å². The molecule has 0 aromatic carbocycles. The van der Waals surface area contributed by atoms with Crippen LogP contribution in [0, 0.1) is 11.8 Å². The van der Waals surface area contributed by atoms with Gasteiger partial charge in [-0.15, -0.1) is 5.10 Å². The number of fused-ring (bicyclic) bond motifs is 1. The summed E-state index contributed by atoms with van der Waals surface area (Å²) in [5.74, 6) is 6.76. The summed E-state index contributed by atoms with van der Waals surface area (Å²) in [5.41, 5.74) is 2.07. The molecule has 0 saturated carbocycles. The number of halogens is 2. The van der Waals surface area contributed by atoms with E-state index >= 15 is 0 Å². The summed E-state index contributed by atoms with van der Waals surface area (Å²) in [4.78, 5) is 4.24. The third-order valence-corrected chi connectivity index (χ3v) is 3.95. The SMILES string of the molecule is CC(F)CCc1cc2c(NCc3ccco3)nc(Cl)nn2c1C#CCO. The number of aliphatic hydroxyl groups excluding tert-OH is 1. The van der Waals surface area contributed by atoms with Gasteiger partial charge < -0.3 is 14.8 Å². The molecule has 0 amide bonds. The van der Waals surface area contributed by atoms with Gasteiger partial charge in [0.1, 0.15) is 23.6 Å². The second-order valence-corrected chi connectivity index (χ2v) is 6.09. The molecule has 1 atom stereocenters. The van der Waals surface area contributed by atoms with Crippen LogP contribution in [0.1, 0.15) is 30.4 Å². The van der Waals surface area contributed by atoms with Crippen molar-refractivity contribution in [3.05, 3.63) is 46.8 Å². The predicted molar refractivity (Wildman–Crippen MR) is 96.9 cm³/mol. The molecule has 1 unspecified atom stereocenters. The average Bonchev–Trinajstić information content (AvgIpc) is 3.23. The van der Waals surface area contributed by atoms with Crippen LogP contribution < -0.4 is 5.32 Å².